The molecule has 0 saturated carbocycles. The molecule has 4 heteroatoms. The van der Waals surface area contributed by atoms with Crippen LogP contribution in [0.25, 0.3) is 0 Å². The van der Waals surface area contributed by atoms with Crippen molar-refractivity contribution >= 4 is 5.96 Å². The van der Waals surface area contributed by atoms with E-state index in [9.17, 15) is 0 Å². The topological polar surface area (TPSA) is 30.9 Å². The minimum absolute atomic E-state index is 0.428. The van der Waals surface area contributed by atoms with Crippen LogP contribution in [0.4, 0.5) is 0 Å². The summed E-state index contributed by atoms with van der Waals surface area (Å²) in [5.74, 6) is 1.09. The molecule has 0 spiro atoms. The van der Waals surface area contributed by atoms with Gasteiger partial charge in [-0.3, -0.25) is 9.89 Å². The number of piperidine rings is 1. The Kier molecular flexibility index (Phi) is 5.30. The minimum atomic E-state index is 0.428. The Balaban J connectivity index is 1.85. The molecule has 1 unspecified atom stereocenters. The van der Waals surface area contributed by atoms with E-state index in [0.29, 0.717) is 11.5 Å². The molecule has 0 aromatic heterocycles. The third-order valence-corrected chi connectivity index (χ3v) is 4.84. The van der Waals surface area contributed by atoms with Crippen molar-refractivity contribution in [3.8, 4) is 0 Å². The summed E-state index contributed by atoms with van der Waals surface area (Å²) >= 11 is 0. The number of guanidine groups is 1. The number of likely N-dealkylation sites (tertiary alicyclic amines) is 2. The number of hydrogen-bond donors (Lipinski definition) is 1. The molecule has 4 nitrogen and oxygen atoms in total. The molecule has 2 aliphatic heterocycles. The first-order chi connectivity index (χ1) is 9.55. The Bertz CT molecular complexity index is 337. The van der Waals surface area contributed by atoms with E-state index in [0.717, 1.165) is 25.6 Å². The highest BCUT2D eigenvalue weighted by Crippen LogP contribution is 2.28. The van der Waals surface area contributed by atoms with Crippen molar-refractivity contribution in [1.82, 2.24) is 15.1 Å². The summed E-state index contributed by atoms with van der Waals surface area (Å²) < 4.78 is 0. The Morgan fingerprint density at radius 1 is 1.30 bits per heavy atom. The molecule has 1 atom stereocenters. The number of nitrogens with one attached hydrogen (secondary N) is 1. The van der Waals surface area contributed by atoms with Crippen molar-refractivity contribution in [2.45, 2.75) is 52.5 Å². The van der Waals surface area contributed by atoms with Crippen molar-refractivity contribution in [3.05, 3.63) is 0 Å². The van der Waals surface area contributed by atoms with Gasteiger partial charge in [0.05, 0.1) is 0 Å². The first kappa shape index (κ1) is 15.6. The standard InChI is InChI=1S/C16H32N4/c1-5-19-10-7-6-8-14(19)12-18-15(17-4)20-11-9-16(2,3)13-20/h14H,5-13H2,1-4H3,(H,17,18). The van der Waals surface area contributed by atoms with E-state index in [2.05, 4.69) is 40.9 Å². The van der Waals surface area contributed by atoms with Crippen molar-refractivity contribution in [1.29, 1.82) is 0 Å². The van der Waals surface area contributed by atoms with Crippen LogP contribution in [0, 0.1) is 5.41 Å². The van der Waals surface area contributed by atoms with Gasteiger partial charge in [-0.15, -0.1) is 0 Å². The number of hydrogen-bond acceptors (Lipinski definition) is 2. The van der Waals surface area contributed by atoms with Gasteiger partial charge in [0.1, 0.15) is 0 Å². The van der Waals surface area contributed by atoms with Crippen molar-refractivity contribution in [2.24, 2.45) is 10.4 Å². The fraction of sp³-hybridized carbons (Fsp3) is 0.938. The zero-order chi connectivity index (χ0) is 14.6. The van der Waals surface area contributed by atoms with Gasteiger partial charge >= 0.3 is 0 Å². The lowest BCUT2D eigenvalue weighted by Gasteiger charge is -2.36. The Morgan fingerprint density at radius 3 is 2.70 bits per heavy atom. The van der Waals surface area contributed by atoms with Gasteiger partial charge in [0.25, 0.3) is 0 Å². The Labute approximate surface area is 124 Å². The molecule has 0 aliphatic carbocycles. The lowest BCUT2D eigenvalue weighted by Crippen LogP contribution is -2.49. The Morgan fingerprint density at radius 2 is 2.10 bits per heavy atom. The molecule has 20 heavy (non-hydrogen) atoms. The lowest BCUT2D eigenvalue weighted by atomic mass is 9.93. The molecule has 2 fully saturated rings. The van der Waals surface area contributed by atoms with E-state index >= 15 is 0 Å². The van der Waals surface area contributed by atoms with E-state index in [-0.39, 0.29) is 0 Å². The molecule has 2 rings (SSSR count). The van der Waals surface area contributed by atoms with E-state index < -0.39 is 0 Å². The third-order valence-electron chi connectivity index (χ3n) is 4.84. The van der Waals surface area contributed by atoms with Crippen LogP contribution >= 0.6 is 0 Å². The van der Waals surface area contributed by atoms with Gasteiger partial charge in [0.15, 0.2) is 5.96 Å². The quantitative estimate of drug-likeness (QED) is 0.635. The Hall–Kier alpha value is -0.770. The molecule has 0 aromatic rings. The normalized spacial score (nSPS) is 27.9. The number of rotatable bonds is 3. The van der Waals surface area contributed by atoms with Crippen molar-refractivity contribution in [2.75, 3.05) is 39.8 Å². The van der Waals surface area contributed by atoms with E-state index in [1.165, 1.54) is 38.8 Å². The lowest BCUT2D eigenvalue weighted by molar-refractivity contribution is 0.156. The maximum absolute atomic E-state index is 4.48. The van der Waals surface area contributed by atoms with E-state index in [1.807, 2.05) is 7.05 Å². The second-order valence-corrected chi connectivity index (χ2v) is 7.04. The fourth-order valence-corrected chi connectivity index (χ4v) is 3.54. The first-order valence-corrected chi connectivity index (χ1v) is 8.25. The molecule has 0 bridgehead atoms. The monoisotopic (exact) mass is 280 g/mol. The van der Waals surface area contributed by atoms with Gasteiger partial charge < -0.3 is 10.2 Å². The summed E-state index contributed by atoms with van der Waals surface area (Å²) in [6.07, 6.45) is 5.32. The van der Waals surface area contributed by atoms with Gasteiger partial charge in [-0.2, -0.15) is 0 Å². The molecule has 0 aromatic carbocycles. The molecule has 116 valence electrons. The molecule has 2 heterocycles. The second-order valence-electron chi connectivity index (χ2n) is 7.04. The van der Waals surface area contributed by atoms with E-state index in [1.54, 1.807) is 0 Å². The minimum Gasteiger partial charge on any atom is -0.355 e. The summed E-state index contributed by atoms with van der Waals surface area (Å²) in [5.41, 5.74) is 0.428. The zero-order valence-electron chi connectivity index (χ0n) is 13.8. The molecular formula is C16H32N4. The highest BCUT2D eigenvalue weighted by Gasteiger charge is 2.31. The van der Waals surface area contributed by atoms with Gasteiger partial charge in [-0.25, -0.2) is 0 Å². The SMILES string of the molecule is CCN1CCCCC1CNC(=NC)N1CCC(C)(C)C1. The average Bonchev–Trinajstić information content (AvgIpc) is 2.80. The molecule has 0 amide bonds. The summed E-state index contributed by atoms with van der Waals surface area (Å²) in [6.45, 7) is 12.7. The smallest absolute Gasteiger partial charge is 0.193 e. The molecule has 2 saturated heterocycles. The highest BCUT2D eigenvalue weighted by atomic mass is 15.3. The van der Waals surface area contributed by atoms with Crippen LogP contribution in [-0.2, 0) is 0 Å². The first-order valence-electron chi connectivity index (χ1n) is 8.25. The van der Waals surface area contributed by atoms with Gasteiger partial charge in [-0.1, -0.05) is 27.2 Å². The summed E-state index contributed by atoms with van der Waals surface area (Å²) in [4.78, 5) is 9.51. The molecule has 1 N–H and O–H groups in total. The number of nitrogens with zero attached hydrogens (tertiary/aromatic N) is 3. The van der Waals surface area contributed by atoms with Crippen LogP contribution in [0.5, 0.6) is 0 Å². The van der Waals surface area contributed by atoms with E-state index in [4.69, 9.17) is 0 Å². The van der Waals surface area contributed by atoms with Gasteiger partial charge in [0.2, 0.25) is 0 Å². The molecule has 0 radical (unpaired) electrons. The van der Waals surface area contributed by atoms with Crippen molar-refractivity contribution < 1.29 is 0 Å². The number of likely N-dealkylation sites (N-methyl/N-ethyl adjacent to an activating group) is 1. The van der Waals surface area contributed by atoms with Crippen LogP contribution in [0.2, 0.25) is 0 Å². The molecular weight excluding hydrogens is 248 g/mol. The average molecular weight is 280 g/mol. The van der Waals surface area contributed by atoms with Gasteiger partial charge in [0, 0.05) is 32.7 Å². The summed E-state index contributed by atoms with van der Waals surface area (Å²) in [6, 6.07) is 0.682. The van der Waals surface area contributed by atoms with Crippen LogP contribution in [0.3, 0.4) is 0 Å². The third kappa shape index (κ3) is 3.87. The van der Waals surface area contributed by atoms with Crippen LogP contribution in [0.1, 0.15) is 46.5 Å². The molecule has 2 aliphatic rings. The largest absolute Gasteiger partial charge is 0.355 e. The van der Waals surface area contributed by atoms with Crippen LogP contribution in [0.15, 0.2) is 4.99 Å². The zero-order valence-corrected chi connectivity index (χ0v) is 13.8. The maximum atomic E-state index is 4.48. The van der Waals surface area contributed by atoms with Gasteiger partial charge in [-0.05, 0) is 37.8 Å². The van der Waals surface area contributed by atoms with Crippen LogP contribution in [-0.4, -0.2) is 61.6 Å². The summed E-state index contributed by atoms with van der Waals surface area (Å²) in [5, 5.41) is 3.62. The second kappa shape index (κ2) is 6.79. The van der Waals surface area contributed by atoms with Crippen LogP contribution < -0.4 is 5.32 Å². The van der Waals surface area contributed by atoms with Crippen molar-refractivity contribution in [3.63, 3.8) is 0 Å². The predicted molar refractivity (Wildman–Crippen MR) is 86.2 cm³/mol. The predicted octanol–water partition coefficient (Wildman–Crippen LogP) is 2.17. The maximum Gasteiger partial charge on any atom is 0.193 e. The highest BCUT2D eigenvalue weighted by molar-refractivity contribution is 5.80. The fourth-order valence-electron chi connectivity index (χ4n) is 3.54. The summed E-state index contributed by atoms with van der Waals surface area (Å²) in [7, 11) is 1.91. The number of aliphatic imine (C=N–C) groups is 1.